The molecule has 24 heavy (non-hydrogen) atoms. The number of ether oxygens (including phenoxy) is 1. The molecule has 0 unspecified atom stereocenters. The van der Waals surface area contributed by atoms with Crippen molar-refractivity contribution in [2.45, 2.75) is 19.7 Å². The highest BCUT2D eigenvalue weighted by molar-refractivity contribution is 5.93. The summed E-state index contributed by atoms with van der Waals surface area (Å²) in [6.07, 6.45) is -4.08. The van der Waals surface area contributed by atoms with Crippen LogP contribution >= 0.6 is 0 Å². The zero-order valence-corrected chi connectivity index (χ0v) is 13.1. The first-order valence-corrected chi connectivity index (χ1v) is 7.31. The minimum atomic E-state index is -4.77. The second-order valence-corrected chi connectivity index (χ2v) is 5.17. The first kappa shape index (κ1) is 17.7. The fourth-order valence-electron chi connectivity index (χ4n) is 2.13. The van der Waals surface area contributed by atoms with E-state index in [0.717, 1.165) is 11.1 Å². The van der Waals surface area contributed by atoms with Crippen LogP contribution in [0, 0.1) is 6.92 Å². The summed E-state index contributed by atoms with van der Waals surface area (Å²) < 4.78 is 41.1. The lowest BCUT2D eigenvalue weighted by Gasteiger charge is -2.14. The Bertz CT molecular complexity index is 714. The summed E-state index contributed by atoms with van der Waals surface area (Å²) in [7, 11) is 0. The van der Waals surface area contributed by atoms with Crippen LogP contribution in [0.2, 0.25) is 0 Å². The molecule has 0 atom stereocenters. The van der Waals surface area contributed by atoms with Crippen molar-refractivity contribution in [2.24, 2.45) is 10.7 Å². The summed E-state index contributed by atoms with van der Waals surface area (Å²) in [4.78, 5) is 4.13. The van der Waals surface area contributed by atoms with Gasteiger partial charge in [0.05, 0.1) is 5.69 Å². The predicted octanol–water partition coefficient (Wildman–Crippen LogP) is 3.86. The highest BCUT2D eigenvalue weighted by Crippen LogP contribution is 2.29. The van der Waals surface area contributed by atoms with Gasteiger partial charge in [-0.05, 0) is 31.0 Å². The summed E-state index contributed by atoms with van der Waals surface area (Å²) in [5, 5.41) is 2.63. The van der Waals surface area contributed by atoms with Gasteiger partial charge in [0.25, 0.3) is 0 Å². The summed E-state index contributed by atoms with van der Waals surface area (Å²) in [6.45, 7) is 2.42. The molecule has 4 nitrogen and oxygen atoms in total. The second kappa shape index (κ2) is 7.72. The van der Waals surface area contributed by atoms with Gasteiger partial charge in [0.1, 0.15) is 0 Å². The zero-order valence-electron chi connectivity index (χ0n) is 13.1. The number of nitrogens with one attached hydrogen (secondary N) is 1. The van der Waals surface area contributed by atoms with Crippen molar-refractivity contribution in [1.29, 1.82) is 0 Å². The summed E-state index contributed by atoms with van der Waals surface area (Å²) in [5.74, 6) is -0.331. The van der Waals surface area contributed by atoms with Crippen LogP contribution in [0.25, 0.3) is 0 Å². The van der Waals surface area contributed by atoms with Gasteiger partial charge in [-0.25, -0.2) is 0 Å². The topological polar surface area (TPSA) is 59.6 Å². The minimum absolute atomic E-state index is 0.0286. The SMILES string of the molecule is Cc1cccc(CCN=C(N)Nc2ccccc2OC(F)(F)F)c1. The number of hydrogen-bond donors (Lipinski definition) is 2. The second-order valence-electron chi connectivity index (χ2n) is 5.17. The van der Waals surface area contributed by atoms with E-state index in [1.54, 1.807) is 6.07 Å². The third-order valence-corrected chi connectivity index (χ3v) is 3.14. The van der Waals surface area contributed by atoms with Gasteiger partial charge in [0.15, 0.2) is 11.7 Å². The van der Waals surface area contributed by atoms with Gasteiger partial charge in [0, 0.05) is 6.54 Å². The number of nitrogens with zero attached hydrogens (tertiary/aromatic N) is 1. The maximum Gasteiger partial charge on any atom is 0.573 e. The van der Waals surface area contributed by atoms with Gasteiger partial charge in [-0.1, -0.05) is 42.0 Å². The highest BCUT2D eigenvalue weighted by atomic mass is 19.4. The Morgan fingerprint density at radius 3 is 2.62 bits per heavy atom. The van der Waals surface area contributed by atoms with Crippen molar-refractivity contribution in [3.8, 4) is 5.75 Å². The van der Waals surface area contributed by atoms with Crippen molar-refractivity contribution in [1.82, 2.24) is 0 Å². The average molecular weight is 337 g/mol. The van der Waals surface area contributed by atoms with Crippen molar-refractivity contribution < 1.29 is 17.9 Å². The number of nitrogens with two attached hydrogens (primary N) is 1. The molecule has 0 fully saturated rings. The molecular formula is C17H18F3N3O. The van der Waals surface area contributed by atoms with E-state index in [2.05, 4.69) is 15.0 Å². The Morgan fingerprint density at radius 1 is 1.17 bits per heavy atom. The minimum Gasteiger partial charge on any atom is -0.404 e. The molecule has 128 valence electrons. The molecule has 2 rings (SSSR count). The van der Waals surface area contributed by atoms with Gasteiger partial charge < -0.3 is 15.8 Å². The third kappa shape index (κ3) is 5.83. The number of para-hydroxylation sites is 2. The van der Waals surface area contributed by atoms with E-state index in [1.807, 2.05) is 31.2 Å². The maximum atomic E-state index is 12.4. The largest absolute Gasteiger partial charge is 0.573 e. The normalized spacial score (nSPS) is 12.1. The number of benzene rings is 2. The Balaban J connectivity index is 1.97. The quantitative estimate of drug-likeness (QED) is 0.643. The van der Waals surface area contributed by atoms with E-state index in [0.29, 0.717) is 13.0 Å². The first-order valence-electron chi connectivity index (χ1n) is 7.31. The lowest BCUT2D eigenvalue weighted by molar-refractivity contribution is -0.274. The Hall–Kier alpha value is -2.70. The standard InChI is InChI=1S/C17H18F3N3O/c1-12-5-4-6-13(11-12)9-10-22-16(21)23-14-7-2-3-8-15(14)24-17(18,19)20/h2-8,11H,9-10H2,1H3,(H3,21,22,23). The van der Waals surface area contributed by atoms with Crippen LogP contribution in [-0.4, -0.2) is 18.9 Å². The molecule has 3 N–H and O–H groups in total. The fourth-order valence-corrected chi connectivity index (χ4v) is 2.13. The van der Waals surface area contributed by atoms with Crippen LogP contribution in [-0.2, 0) is 6.42 Å². The van der Waals surface area contributed by atoms with E-state index >= 15 is 0 Å². The van der Waals surface area contributed by atoms with Crippen molar-refractivity contribution in [2.75, 3.05) is 11.9 Å². The predicted molar refractivity (Wildman–Crippen MR) is 88.1 cm³/mol. The van der Waals surface area contributed by atoms with Crippen molar-refractivity contribution in [3.63, 3.8) is 0 Å². The molecule has 0 aliphatic carbocycles. The molecule has 0 aliphatic heterocycles. The Kier molecular flexibility index (Phi) is 5.68. The van der Waals surface area contributed by atoms with E-state index in [1.165, 1.54) is 18.2 Å². The monoisotopic (exact) mass is 337 g/mol. The number of halogens is 3. The number of alkyl halides is 3. The molecule has 2 aromatic carbocycles. The number of aryl methyl sites for hydroxylation is 1. The summed E-state index contributed by atoms with van der Waals surface area (Å²) in [6, 6.07) is 13.6. The zero-order chi connectivity index (χ0) is 17.6. The molecule has 0 bridgehead atoms. The lowest BCUT2D eigenvalue weighted by Crippen LogP contribution is -2.24. The first-order chi connectivity index (χ1) is 11.3. The molecule has 0 aromatic heterocycles. The molecule has 0 aliphatic rings. The third-order valence-electron chi connectivity index (χ3n) is 3.14. The Labute approximate surface area is 138 Å². The summed E-state index contributed by atoms with van der Waals surface area (Å²) >= 11 is 0. The van der Waals surface area contributed by atoms with Gasteiger partial charge in [0.2, 0.25) is 0 Å². The summed E-state index contributed by atoms with van der Waals surface area (Å²) in [5.41, 5.74) is 8.11. The molecule has 0 spiro atoms. The van der Waals surface area contributed by atoms with E-state index in [9.17, 15) is 13.2 Å². The van der Waals surface area contributed by atoms with Crippen LogP contribution in [0.5, 0.6) is 5.75 Å². The molecule has 2 aromatic rings. The number of anilines is 1. The molecule has 0 saturated carbocycles. The maximum absolute atomic E-state index is 12.4. The van der Waals surface area contributed by atoms with E-state index in [4.69, 9.17) is 5.73 Å². The molecule has 0 heterocycles. The lowest BCUT2D eigenvalue weighted by atomic mass is 10.1. The van der Waals surface area contributed by atoms with Gasteiger partial charge >= 0.3 is 6.36 Å². The number of guanidine groups is 1. The fraction of sp³-hybridized carbons (Fsp3) is 0.235. The van der Waals surface area contributed by atoms with E-state index < -0.39 is 6.36 Å². The molecule has 0 radical (unpaired) electrons. The average Bonchev–Trinajstić information content (AvgIpc) is 2.48. The van der Waals surface area contributed by atoms with Crippen molar-refractivity contribution >= 4 is 11.6 Å². The molecular weight excluding hydrogens is 319 g/mol. The van der Waals surface area contributed by atoms with Crippen LogP contribution in [0.3, 0.4) is 0 Å². The van der Waals surface area contributed by atoms with Gasteiger partial charge in [-0.15, -0.1) is 13.2 Å². The van der Waals surface area contributed by atoms with Crippen LogP contribution in [0.4, 0.5) is 18.9 Å². The van der Waals surface area contributed by atoms with Crippen LogP contribution < -0.4 is 15.8 Å². The molecule has 0 amide bonds. The van der Waals surface area contributed by atoms with Crippen LogP contribution in [0.15, 0.2) is 53.5 Å². The van der Waals surface area contributed by atoms with Crippen molar-refractivity contribution in [3.05, 3.63) is 59.7 Å². The van der Waals surface area contributed by atoms with E-state index in [-0.39, 0.29) is 17.4 Å². The number of aliphatic imine (C=N–C) groups is 1. The van der Waals surface area contributed by atoms with Gasteiger partial charge in [-0.2, -0.15) is 0 Å². The van der Waals surface area contributed by atoms with Gasteiger partial charge in [-0.3, -0.25) is 4.99 Å². The molecule has 7 heteroatoms. The highest BCUT2D eigenvalue weighted by Gasteiger charge is 2.32. The smallest absolute Gasteiger partial charge is 0.404 e. The number of rotatable bonds is 5. The number of hydrogen-bond acceptors (Lipinski definition) is 2. The van der Waals surface area contributed by atoms with Crippen LogP contribution in [0.1, 0.15) is 11.1 Å². The molecule has 0 saturated heterocycles. The Morgan fingerprint density at radius 2 is 1.92 bits per heavy atom.